The number of nitrogens with zero attached hydrogens (tertiary/aromatic N) is 2. The fourth-order valence-corrected chi connectivity index (χ4v) is 4.90. The maximum Gasteiger partial charge on any atom is 0.254 e. The topological polar surface area (TPSA) is 92.1 Å². The molecule has 1 fully saturated rings. The Balaban J connectivity index is 1.46. The highest BCUT2D eigenvalue weighted by molar-refractivity contribution is 5.97. The van der Waals surface area contributed by atoms with Crippen LogP contribution in [-0.4, -0.2) is 39.3 Å². The molecule has 0 bridgehead atoms. The average molecular weight is 374 g/mol. The molecule has 2 amide bonds. The second-order valence-electron chi connectivity index (χ2n) is 7.77. The van der Waals surface area contributed by atoms with Crippen molar-refractivity contribution in [2.75, 3.05) is 6.54 Å². The Hall–Kier alpha value is -3.15. The number of aromatic amines is 1. The van der Waals surface area contributed by atoms with E-state index >= 15 is 0 Å². The van der Waals surface area contributed by atoms with Gasteiger partial charge in [-0.15, -0.1) is 0 Å². The molecular formula is C22H22N4O2. The van der Waals surface area contributed by atoms with Gasteiger partial charge in [-0.1, -0.05) is 6.07 Å². The Labute approximate surface area is 162 Å². The van der Waals surface area contributed by atoms with Gasteiger partial charge in [0.2, 0.25) is 5.91 Å². The molecule has 2 aromatic carbocycles. The number of rotatable bonds is 2. The number of primary amides is 1. The summed E-state index contributed by atoms with van der Waals surface area (Å²) in [4.78, 5) is 34.2. The summed E-state index contributed by atoms with van der Waals surface area (Å²) in [6.07, 6.45) is 5.47. The van der Waals surface area contributed by atoms with Gasteiger partial charge in [0.1, 0.15) is 0 Å². The summed E-state index contributed by atoms with van der Waals surface area (Å²) in [7, 11) is 0. The van der Waals surface area contributed by atoms with Crippen LogP contribution in [0.3, 0.4) is 0 Å². The van der Waals surface area contributed by atoms with Gasteiger partial charge in [-0.2, -0.15) is 0 Å². The predicted octanol–water partition coefficient (Wildman–Crippen LogP) is 3.00. The Morgan fingerprint density at radius 1 is 1.11 bits per heavy atom. The lowest BCUT2D eigenvalue weighted by atomic mass is 9.73. The van der Waals surface area contributed by atoms with Crippen LogP contribution in [0.25, 0.3) is 11.0 Å². The van der Waals surface area contributed by atoms with Crippen molar-refractivity contribution >= 4 is 22.8 Å². The fourth-order valence-electron chi connectivity index (χ4n) is 4.90. The van der Waals surface area contributed by atoms with E-state index in [1.165, 1.54) is 11.1 Å². The van der Waals surface area contributed by atoms with Crippen LogP contribution >= 0.6 is 0 Å². The van der Waals surface area contributed by atoms with Crippen molar-refractivity contribution in [2.45, 2.75) is 37.6 Å². The summed E-state index contributed by atoms with van der Waals surface area (Å²) in [5, 5.41) is 0. The second-order valence-corrected chi connectivity index (χ2v) is 7.77. The lowest BCUT2D eigenvalue weighted by Gasteiger charge is -2.45. The Kier molecular flexibility index (Phi) is 3.93. The molecule has 3 N–H and O–H groups in total. The van der Waals surface area contributed by atoms with Crippen molar-refractivity contribution in [3.63, 3.8) is 0 Å². The van der Waals surface area contributed by atoms with Gasteiger partial charge in [0.25, 0.3) is 5.91 Å². The smallest absolute Gasteiger partial charge is 0.254 e. The third kappa shape index (κ3) is 2.68. The van der Waals surface area contributed by atoms with Crippen LogP contribution in [0.4, 0.5) is 0 Å². The summed E-state index contributed by atoms with van der Waals surface area (Å²) in [6, 6.07) is 11.6. The van der Waals surface area contributed by atoms with E-state index in [2.05, 4.69) is 9.97 Å². The Morgan fingerprint density at radius 3 is 2.82 bits per heavy atom. The number of hydrogen-bond acceptors (Lipinski definition) is 3. The lowest BCUT2D eigenvalue weighted by molar-refractivity contribution is 0.0547. The molecule has 142 valence electrons. The van der Waals surface area contributed by atoms with Gasteiger partial charge < -0.3 is 15.6 Å². The van der Waals surface area contributed by atoms with E-state index in [9.17, 15) is 9.59 Å². The number of nitrogens with one attached hydrogen (secondary N) is 1. The number of H-pyrrole nitrogens is 1. The number of nitrogens with two attached hydrogens (primary N) is 1. The Bertz CT molecular complexity index is 1090. The van der Waals surface area contributed by atoms with Gasteiger partial charge in [-0.3, -0.25) is 9.59 Å². The van der Waals surface area contributed by atoms with Crippen LogP contribution in [0.5, 0.6) is 0 Å². The first-order valence-electron chi connectivity index (χ1n) is 9.78. The van der Waals surface area contributed by atoms with Gasteiger partial charge in [0.05, 0.1) is 17.4 Å². The van der Waals surface area contributed by atoms with Gasteiger partial charge in [-0.25, -0.2) is 4.98 Å². The number of carbonyl (C=O) groups excluding carboxylic acids is 2. The molecule has 6 nitrogen and oxygen atoms in total. The largest absolute Gasteiger partial charge is 0.366 e. The number of likely N-dealkylation sites (tertiary alicyclic amines) is 1. The van der Waals surface area contributed by atoms with E-state index in [4.69, 9.17) is 5.73 Å². The third-order valence-corrected chi connectivity index (χ3v) is 6.24. The van der Waals surface area contributed by atoms with Gasteiger partial charge in [-0.05, 0) is 67.1 Å². The van der Waals surface area contributed by atoms with Crippen LogP contribution in [0.15, 0.2) is 42.7 Å². The molecule has 0 spiro atoms. The molecule has 1 aliphatic carbocycles. The molecule has 3 aromatic rings. The van der Waals surface area contributed by atoms with E-state index in [0.717, 1.165) is 43.3 Å². The molecule has 2 heterocycles. The highest BCUT2D eigenvalue weighted by Crippen LogP contribution is 2.41. The highest BCUT2D eigenvalue weighted by atomic mass is 16.2. The average Bonchev–Trinajstić information content (AvgIpc) is 3.20. The molecule has 2 aliphatic rings. The molecule has 0 saturated carbocycles. The number of piperidine rings is 1. The standard InChI is InChI=1S/C22H22N4O2/c23-21(27)14-3-6-16-13(10-14)5-8-20-17(16)2-1-9-26(20)22(28)15-4-7-18-19(11-15)25-12-24-18/h3-4,6-7,10-12,17,20H,1-2,5,8-9H2,(H2,23,27)(H,24,25)/t17-,20?/m1/s1. The van der Waals surface area contributed by atoms with E-state index in [1.807, 2.05) is 41.3 Å². The van der Waals surface area contributed by atoms with Crippen LogP contribution < -0.4 is 5.73 Å². The zero-order chi connectivity index (χ0) is 19.3. The maximum absolute atomic E-state index is 13.3. The normalized spacial score (nSPS) is 21.2. The minimum atomic E-state index is -0.390. The van der Waals surface area contributed by atoms with E-state index in [-0.39, 0.29) is 17.9 Å². The first-order chi connectivity index (χ1) is 13.6. The molecule has 1 aliphatic heterocycles. The number of aromatic nitrogens is 2. The van der Waals surface area contributed by atoms with E-state index in [1.54, 1.807) is 6.33 Å². The minimum absolute atomic E-state index is 0.0804. The Morgan fingerprint density at radius 2 is 1.96 bits per heavy atom. The monoisotopic (exact) mass is 374 g/mol. The molecule has 5 rings (SSSR count). The van der Waals surface area contributed by atoms with Crippen LogP contribution in [-0.2, 0) is 6.42 Å². The number of imidazole rings is 1. The van der Waals surface area contributed by atoms with Crippen molar-refractivity contribution in [3.05, 3.63) is 65.0 Å². The van der Waals surface area contributed by atoms with Crippen LogP contribution in [0.1, 0.15) is 57.0 Å². The molecule has 28 heavy (non-hydrogen) atoms. The zero-order valence-corrected chi connectivity index (χ0v) is 15.5. The van der Waals surface area contributed by atoms with Gasteiger partial charge >= 0.3 is 0 Å². The molecular weight excluding hydrogens is 352 g/mol. The molecule has 2 atom stereocenters. The van der Waals surface area contributed by atoms with Crippen molar-refractivity contribution in [2.24, 2.45) is 5.73 Å². The third-order valence-electron chi connectivity index (χ3n) is 6.24. The number of benzene rings is 2. The minimum Gasteiger partial charge on any atom is -0.366 e. The summed E-state index contributed by atoms with van der Waals surface area (Å²) >= 11 is 0. The van der Waals surface area contributed by atoms with Crippen molar-refractivity contribution < 1.29 is 9.59 Å². The molecule has 6 heteroatoms. The summed E-state index contributed by atoms with van der Waals surface area (Å²) < 4.78 is 0. The van der Waals surface area contributed by atoms with Gasteiger partial charge in [0, 0.05) is 29.6 Å². The molecule has 1 aromatic heterocycles. The first kappa shape index (κ1) is 17.0. The van der Waals surface area contributed by atoms with Crippen molar-refractivity contribution in [1.82, 2.24) is 14.9 Å². The fraction of sp³-hybridized carbons (Fsp3) is 0.318. The lowest BCUT2D eigenvalue weighted by Crippen LogP contribution is -2.49. The number of aryl methyl sites for hydroxylation is 1. The quantitative estimate of drug-likeness (QED) is 0.722. The van der Waals surface area contributed by atoms with Crippen molar-refractivity contribution in [3.8, 4) is 0 Å². The number of fused-ring (bicyclic) bond motifs is 4. The molecule has 0 radical (unpaired) electrons. The van der Waals surface area contributed by atoms with Crippen LogP contribution in [0, 0.1) is 0 Å². The second kappa shape index (κ2) is 6.48. The van der Waals surface area contributed by atoms with Crippen molar-refractivity contribution in [1.29, 1.82) is 0 Å². The molecule has 1 saturated heterocycles. The predicted molar refractivity (Wildman–Crippen MR) is 106 cm³/mol. The number of hydrogen-bond donors (Lipinski definition) is 2. The van der Waals surface area contributed by atoms with E-state index < -0.39 is 0 Å². The summed E-state index contributed by atoms with van der Waals surface area (Å²) in [5.41, 5.74) is 10.9. The number of amides is 2. The molecule has 1 unspecified atom stereocenters. The first-order valence-corrected chi connectivity index (χ1v) is 9.78. The maximum atomic E-state index is 13.3. The highest BCUT2D eigenvalue weighted by Gasteiger charge is 2.38. The summed E-state index contributed by atoms with van der Waals surface area (Å²) in [6.45, 7) is 0.785. The zero-order valence-electron chi connectivity index (χ0n) is 15.5. The van der Waals surface area contributed by atoms with Crippen LogP contribution in [0.2, 0.25) is 0 Å². The SMILES string of the molecule is NC(=O)c1ccc2c(c1)CCC1[C@@H]2CCCN1C(=O)c1ccc2[nH]cnc2c1. The van der Waals surface area contributed by atoms with E-state index in [0.29, 0.717) is 17.0 Å². The van der Waals surface area contributed by atoms with Gasteiger partial charge in [0.15, 0.2) is 0 Å². The number of carbonyl (C=O) groups is 2. The summed E-state index contributed by atoms with van der Waals surface area (Å²) in [5.74, 6) is 0.00780.